The molecule has 0 bridgehead atoms. The van der Waals surface area contributed by atoms with Gasteiger partial charge in [0.05, 0.1) is 6.04 Å². The Bertz CT molecular complexity index is 285. The summed E-state index contributed by atoms with van der Waals surface area (Å²) in [6.07, 6.45) is 2.34. The summed E-state index contributed by atoms with van der Waals surface area (Å²) in [6.45, 7) is 10.4. The van der Waals surface area contributed by atoms with E-state index in [1.54, 1.807) is 0 Å². The van der Waals surface area contributed by atoms with E-state index in [1.165, 1.54) is 12.8 Å². The van der Waals surface area contributed by atoms with Gasteiger partial charge in [0.2, 0.25) is 5.91 Å². The van der Waals surface area contributed by atoms with Crippen molar-refractivity contribution in [2.24, 2.45) is 0 Å². The summed E-state index contributed by atoms with van der Waals surface area (Å²) in [6, 6.07) is 0.0148. The summed E-state index contributed by atoms with van der Waals surface area (Å²) >= 11 is 0. The van der Waals surface area contributed by atoms with Gasteiger partial charge in [-0.2, -0.15) is 0 Å². The molecule has 1 atom stereocenters. The molecule has 0 aromatic heterocycles. The van der Waals surface area contributed by atoms with E-state index in [0.717, 1.165) is 52.4 Å². The zero-order valence-electron chi connectivity index (χ0n) is 12.4. The van der Waals surface area contributed by atoms with Crippen LogP contribution in [0.15, 0.2) is 0 Å². The highest BCUT2D eigenvalue weighted by atomic mass is 16.2. The number of carbonyl (C=O) groups is 1. The molecule has 0 aromatic carbocycles. The first-order valence-corrected chi connectivity index (χ1v) is 7.60. The van der Waals surface area contributed by atoms with Crippen LogP contribution in [0.1, 0.15) is 19.8 Å². The number of piperazine rings is 1. The van der Waals surface area contributed by atoms with Gasteiger partial charge >= 0.3 is 0 Å². The lowest BCUT2D eigenvalue weighted by Crippen LogP contribution is -2.49. The molecule has 1 amide bonds. The molecule has 5 heteroatoms. The van der Waals surface area contributed by atoms with Crippen molar-refractivity contribution >= 4 is 5.91 Å². The highest BCUT2D eigenvalue weighted by Crippen LogP contribution is 2.11. The molecule has 110 valence electrons. The first-order valence-electron chi connectivity index (χ1n) is 7.60. The molecule has 2 saturated heterocycles. The molecule has 2 heterocycles. The summed E-state index contributed by atoms with van der Waals surface area (Å²) in [4.78, 5) is 19.0. The molecule has 1 N–H and O–H groups in total. The van der Waals surface area contributed by atoms with Crippen molar-refractivity contribution in [1.29, 1.82) is 0 Å². The van der Waals surface area contributed by atoms with Crippen LogP contribution in [0.2, 0.25) is 0 Å². The Labute approximate surface area is 116 Å². The van der Waals surface area contributed by atoms with Crippen LogP contribution in [0.4, 0.5) is 0 Å². The van der Waals surface area contributed by atoms with Crippen molar-refractivity contribution in [1.82, 2.24) is 20.0 Å². The Morgan fingerprint density at radius 3 is 2.47 bits per heavy atom. The van der Waals surface area contributed by atoms with Crippen LogP contribution in [0, 0.1) is 0 Å². The van der Waals surface area contributed by atoms with Crippen LogP contribution in [0.5, 0.6) is 0 Å². The molecule has 1 unspecified atom stereocenters. The van der Waals surface area contributed by atoms with E-state index in [1.807, 2.05) is 11.8 Å². The highest BCUT2D eigenvalue weighted by molar-refractivity contribution is 5.81. The molecule has 19 heavy (non-hydrogen) atoms. The molecule has 2 rings (SSSR count). The molecule has 2 fully saturated rings. The minimum atomic E-state index is 0.0148. The average Bonchev–Trinajstić information content (AvgIpc) is 2.98. The van der Waals surface area contributed by atoms with Gasteiger partial charge in [-0.15, -0.1) is 0 Å². The largest absolute Gasteiger partial charge is 0.341 e. The standard InChI is InChI=1S/C14H28N4O/c1-13(14(19)18-7-3-4-8-18)16(2)11-12-17-9-5-15-6-10-17/h13,15H,3-12H2,1-2H3. The Morgan fingerprint density at radius 1 is 1.21 bits per heavy atom. The Balaban J connectivity index is 1.71. The Kier molecular flexibility index (Phi) is 5.60. The van der Waals surface area contributed by atoms with Gasteiger partial charge in [0.1, 0.15) is 0 Å². The van der Waals surface area contributed by atoms with Gasteiger partial charge in [-0.3, -0.25) is 14.6 Å². The number of likely N-dealkylation sites (tertiary alicyclic amines) is 1. The molecular formula is C14H28N4O. The van der Waals surface area contributed by atoms with Crippen LogP contribution in [0.25, 0.3) is 0 Å². The van der Waals surface area contributed by atoms with Gasteiger partial charge in [0.25, 0.3) is 0 Å². The molecular weight excluding hydrogens is 240 g/mol. The maximum Gasteiger partial charge on any atom is 0.239 e. The van der Waals surface area contributed by atoms with Gasteiger partial charge in [-0.1, -0.05) is 0 Å². The van der Waals surface area contributed by atoms with Crippen LogP contribution >= 0.6 is 0 Å². The highest BCUT2D eigenvalue weighted by Gasteiger charge is 2.25. The monoisotopic (exact) mass is 268 g/mol. The second kappa shape index (κ2) is 7.22. The number of carbonyl (C=O) groups excluding carboxylic acids is 1. The normalized spacial score (nSPS) is 23.0. The molecule has 0 aliphatic carbocycles. The quantitative estimate of drug-likeness (QED) is 0.752. The SMILES string of the molecule is CC(C(=O)N1CCCC1)N(C)CCN1CCNCC1. The van der Waals surface area contributed by atoms with E-state index in [2.05, 4.69) is 22.2 Å². The second-order valence-electron chi connectivity index (χ2n) is 5.78. The fourth-order valence-corrected chi connectivity index (χ4v) is 2.82. The number of nitrogens with one attached hydrogen (secondary N) is 1. The summed E-state index contributed by atoms with van der Waals surface area (Å²) in [5.74, 6) is 0.306. The zero-order chi connectivity index (χ0) is 13.7. The summed E-state index contributed by atoms with van der Waals surface area (Å²) < 4.78 is 0. The van der Waals surface area contributed by atoms with E-state index in [9.17, 15) is 4.79 Å². The first kappa shape index (κ1) is 14.8. The zero-order valence-corrected chi connectivity index (χ0v) is 12.4. The maximum atomic E-state index is 12.3. The fraction of sp³-hybridized carbons (Fsp3) is 0.929. The van der Waals surface area contributed by atoms with Crippen molar-refractivity contribution in [3.63, 3.8) is 0 Å². The maximum absolute atomic E-state index is 12.3. The van der Waals surface area contributed by atoms with Crippen LogP contribution in [-0.2, 0) is 4.79 Å². The number of rotatable bonds is 5. The summed E-state index contributed by atoms with van der Waals surface area (Å²) in [5, 5.41) is 3.36. The van der Waals surface area contributed by atoms with Gasteiger partial charge in [-0.25, -0.2) is 0 Å². The fourth-order valence-electron chi connectivity index (χ4n) is 2.82. The minimum absolute atomic E-state index is 0.0148. The smallest absolute Gasteiger partial charge is 0.239 e. The molecule has 0 radical (unpaired) electrons. The lowest BCUT2D eigenvalue weighted by atomic mass is 10.2. The van der Waals surface area contributed by atoms with Crippen LogP contribution in [0.3, 0.4) is 0 Å². The van der Waals surface area contributed by atoms with E-state index >= 15 is 0 Å². The molecule has 0 saturated carbocycles. The average molecular weight is 268 g/mol. The van der Waals surface area contributed by atoms with E-state index < -0.39 is 0 Å². The van der Waals surface area contributed by atoms with Gasteiger partial charge in [0.15, 0.2) is 0 Å². The Hall–Kier alpha value is -0.650. The number of nitrogens with zero attached hydrogens (tertiary/aromatic N) is 3. The number of hydrogen-bond acceptors (Lipinski definition) is 4. The molecule has 5 nitrogen and oxygen atoms in total. The van der Waals surface area contributed by atoms with Gasteiger partial charge in [-0.05, 0) is 26.8 Å². The van der Waals surface area contributed by atoms with E-state index in [4.69, 9.17) is 0 Å². The van der Waals surface area contributed by atoms with Crippen molar-refractivity contribution in [3.05, 3.63) is 0 Å². The number of amides is 1. The number of likely N-dealkylation sites (N-methyl/N-ethyl adjacent to an activating group) is 1. The van der Waals surface area contributed by atoms with Crippen LogP contribution in [-0.4, -0.2) is 86.1 Å². The van der Waals surface area contributed by atoms with Crippen molar-refractivity contribution < 1.29 is 4.79 Å². The van der Waals surface area contributed by atoms with E-state index in [0.29, 0.717) is 5.91 Å². The first-order chi connectivity index (χ1) is 9.18. The lowest BCUT2D eigenvalue weighted by Gasteiger charge is -2.32. The van der Waals surface area contributed by atoms with Gasteiger partial charge < -0.3 is 10.2 Å². The lowest BCUT2D eigenvalue weighted by molar-refractivity contribution is -0.134. The second-order valence-corrected chi connectivity index (χ2v) is 5.78. The third-order valence-electron chi connectivity index (χ3n) is 4.41. The van der Waals surface area contributed by atoms with Crippen molar-refractivity contribution in [2.45, 2.75) is 25.8 Å². The summed E-state index contributed by atoms with van der Waals surface area (Å²) in [7, 11) is 2.07. The van der Waals surface area contributed by atoms with Crippen molar-refractivity contribution in [3.8, 4) is 0 Å². The van der Waals surface area contributed by atoms with Crippen molar-refractivity contribution in [2.75, 3.05) is 59.4 Å². The predicted octanol–water partition coefficient (Wildman–Crippen LogP) is -0.166. The molecule has 2 aliphatic rings. The van der Waals surface area contributed by atoms with Gasteiger partial charge in [0, 0.05) is 52.4 Å². The molecule has 0 aromatic rings. The third-order valence-corrected chi connectivity index (χ3v) is 4.41. The number of hydrogen-bond donors (Lipinski definition) is 1. The topological polar surface area (TPSA) is 38.8 Å². The molecule has 2 aliphatic heterocycles. The molecule has 0 spiro atoms. The van der Waals surface area contributed by atoms with Crippen LogP contribution < -0.4 is 5.32 Å². The predicted molar refractivity (Wildman–Crippen MR) is 77.2 cm³/mol. The minimum Gasteiger partial charge on any atom is -0.341 e. The summed E-state index contributed by atoms with van der Waals surface area (Å²) in [5.41, 5.74) is 0. The van der Waals surface area contributed by atoms with E-state index in [-0.39, 0.29) is 6.04 Å². The third kappa shape index (κ3) is 4.16. The Morgan fingerprint density at radius 2 is 1.84 bits per heavy atom.